The molecule has 2 aliphatic rings. The van der Waals surface area contributed by atoms with Crippen LogP contribution in [-0.2, 0) is 32.3 Å². The Morgan fingerprint density at radius 2 is 1.06 bits per heavy atom. The molecule has 2 N–H and O–H groups in total. The van der Waals surface area contributed by atoms with Crippen molar-refractivity contribution in [2.45, 2.75) is 50.7 Å². The van der Waals surface area contributed by atoms with Gasteiger partial charge in [-0.2, -0.15) is 9.97 Å². The summed E-state index contributed by atoms with van der Waals surface area (Å²) >= 11 is 0. The molecule has 17 heteroatoms. The highest BCUT2D eigenvalue weighted by Gasteiger charge is 2.28. The number of benzene rings is 4. The number of nitrogens with one attached hydrogen (secondary N) is 1. The molecule has 65 heavy (non-hydrogen) atoms. The van der Waals surface area contributed by atoms with E-state index in [0.717, 1.165) is 66.9 Å². The van der Waals surface area contributed by atoms with Crippen molar-refractivity contribution in [3.05, 3.63) is 120 Å². The Bertz CT molecular complexity index is 2360. The normalized spacial score (nSPS) is 14.0. The zero-order chi connectivity index (χ0) is 45.8. The zero-order valence-electron chi connectivity index (χ0n) is 37.1. The molecule has 8 rings (SSSR count). The van der Waals surface area contributed by atoms with Crippen LogP contribution >= 0.6 is 0 Å². The first kappa shape index (κ1) is 47.7. The van der Waals surface area contributed by atoms with Crippen molar-refractivity contribution in [1.82, 2.24) is 30.5 Å². The number of methoxy groups -OCH3 is 4. The SMILES string of the molecule is COc1ccc(-c2noc(C3CCN(C(=O)COCc4ccccc4)CC3)n2)cc1OC.COc1ccc(-c2noc(C3CCNCC3)n2)cc1OC.O=C(O)COCc1ccccc1. The molecule has 344 valence electrons. The van der Waals surface area contributed by atoms with E-state index in [1.807, 2.05) is 102 Å². The number of carboxylic acid groups (broad SMARTS) is 1. The van der Waals surface area contributed by atoms with E-state index in [1.54, 1.807) is 28.4 Å². The molecular formula is C48H56N6O11. The number of likely N-dealkylation sites (tertiary alicyclic amines) is 1. The molecule has 4 aromatic carbocycles. The second kappa shape index (κ2) is 24.9. The quantitative estimate of drug-likeness (QED) is 0.0988. The molecule has 2 aromatic heterocycles. The molecule has 0 saturated carbocycles. The lowest BCUT2D eigenvalue weighted by atomic mass is 9.97. The number of ether oxygens (including phenoxy) is 6. The first-order chi connectivity index (χ1) is 31.8. The highest BCUT2D eigenvalue weighted by Crippen LogP contribution is 2.34. The van der Waals surface area contributed by atoms with E-state index >= 15 is 0 Å². The molecule has 1 amide bonds. The molecule has 6 aromatic rings. The van der Waals surface area contributed by atoms with E-state index in [2.05, 4.69) is 25.6 Å². The minimum Gasteiger partial charge on any atom is -0.493 e. The molecule has 2 fully saturated rings. The van der Waals surface area contributed by atoms with Gasteiger partial charge in [-0.25, -0.2) is 4.79 Å². The minimum atomic E-state index is -0.939. The van der Waals surface area contributed by atoms with Crippen molar-refractivity contribution in [2.75, 3.05) is 67.8 Å². The average Bonchev–Trinajstić information content (AvgIpc) is 4.07. The molecule has 4 heterocycles. The number of nitrogens with zero attached hydrogens (tertiary/aromatic N) is 5. The van der Waals surface area contributed by atoms with Gasteiger partial charge in [0.2, 0.25) is 29.3 Å². The summed E-state index contributed by atoms with van der Waals surface area (Å²) in [7, 11) is 6.40. The zero-order valence-corrected chi connectivity index (χ0v) is 37.1. The van der Waals surface area contributed by atoms with Crippen LogP contribution in [0.2, 0.25) is 0 Å². The van der Waals surface area contributed by atoms with Crippen LogP contribution in [0.15, 0.2) is 106 Å². The summed E-state index contributed by atoms with van der Waals surface area (Å²) in [5.41, 5.74) is 3.69. The smallest absolute Gasteiger partial charge is 0.329 e. The Labute approximate surface area is 377 Å². The molecule has 0 aliphatic carbocycles. The summed E-state index contributed by atoms with van der Waals surface area (Å²) in [6.07, 6.45) is 3.62. The lowest BCUT2D eigenvalue weighted by Gasteiger charge is -2.30. The van der Waals surface area contributed by atoms with Gasteiger partial charge in [-0.05, 0) is 86.3 Å². The third-order valence-corrected chi connectivity index (χ3v) is 10.7. The number of hydrogen-bond donors (Lipinski definition) is 2. The second-order valence-electron chi connectivity index (χ2n) is 15.1. The van der Waals surface area contributed by atoms with Crippen LogP contribution in [0.3, 0.4) is 0 Å². The number of carbonyl (C=O) groups is 2. The summed E-state index contributed by atoms with van der Waals surface area (Å²) in [4.78, 5) is 33.5. The predicted octanol–water partition coefficient (Wildman–Crippen LogP) is 7.19. The third-order valence-electron chi connectivity index (χ3n) is 10.7. The van der Waals surface area contributed by atoms with Crippen molar-refractivity contribution in [3.8, 4) is 45.8 Å². The van der Waals surface area contributed by atoms with Crippen LogP contribution < -0.4 is 24.3 Å². The lowest BCUT2D eigenvalue weighted by Crippen LogP contribution is -2.40. The van der Waals surface area contributed by atoms with Gasteiger partial charge in [-0.1, -0.05) is 71.0 Å². The van der Waals surface area contributed by atoms with Crippen molar-refractivity contribution >= 4 is 11.9 Å². The number of carboxylic acids is 1. The number of hydrogen-bond acceptors (Lipinski definition) is 15. The molecule has 0 atom stereocenters. The van der Waals surface area contributed by atoms with E-state index in [1.165, 1.54) is 0 Å². The maximum atomic E-state index is 12.5. The van der Waals surface area contributed by atoms with Crippen molar-refractivity contribution in [1.29, 1.82) is 0 Å². The number of piperidine rings is 2. The fraction of sp³-hybridized carbons (Fsp3) is 0.375. The molecule has 0 spiro atoms. The largest absolute Gasteiger partial charge is 0.493 e. The van der Waals surface area contributed by atoms with Gasteiger partial charge in [-0.15, -0.1) is 0 Å². The summed E-state index contributed by atoms with van der Waals surface area (Å²) in [6, 6.07) is 30.4. The maximum absolute atomic E-state index is 12.5. The number of carbonyl (C=O) groups excluding carboxylic acids is 1. The summed E-state index contributed by atoms with van der Waals surface area (Å²) < 4.78 is 42.6. The van der Waals surface area contributed by atoms with E-state index < -0.39 is 5.97 Å². The van der Waals surface area contributed by atoms with Crippen LogP contribution in [0.5, 0.6) is 23.0 Å². The number of aromatic nitrogens is 4. The average molecular weight is 893 g/mol. The van der Waals surface area contributed by atoms with Gasteiger partial charge >= 0.3 is 5.97 Å². The second-order valence-corrected chi connectivity index (χ2v) is 15.1. The van der Waals surface area contributed by atoms with Crippen LogP contribution in [-0.4, -0.2) is 110 Å². The Hall–Kier alpha value is -6.82. The predicted molar refractivity (Wildman–Crippen MR) is 239 cm³/mol. The summed E-state index contributed by atoms with van der Waals surface area (Å²) in [5.74, 6) is 4.57. The number of rotatable bonds is 16. The van der Waals surface area contributed by atoms with Crippen molar-refractivity contribution in [3.63, 3.8) is 0 Å². The van der Waals surface area contributed by atoms with Gasteiger partial charge in [0.05, 0.1) is 41.7 Å². The number of amides is 1. The minimum absolute atomic E-state index is 0.0101. The van der Waals surface area contributed by atoms with E-state index in [0.29, 0.717) is 72.8 Å². The first-order valence-corrected chi connectivity index (χ1v) is 21.3. The van der Waals surface area contributed by atoms with Crippen molar-refractivity contribution in [2.24, 2.45) is 0 Å². The monoisotopic (exact) mass is 892 g/mol. The van der Waals surface area contributed by atoms with Gasteiger partial charge in [0.25, 0.3) is 0 Å². The molecule has 0 unspecified atom stereocenters. The summed E-state index contributed by atoms with van der Waals surface area (Å²) in [6.45, 7) is 3.92. The molecule has 0 bridgehead atoms. The Morgan fingerprint density at radius 1 is 0.615 bits per heavy atom. The van der Waals surface area contributed by atoms with E-state index in [9.17, 15) is 9.59 Å². The van der Waals surface area contributed by atoms with E-state index in [-0.39, 0.29) is 25.0 Å². The maximum Gasteiger partial charge on any atom is 0.329 e. The van der Waals surface area contributed by atoms with Crippen LogP contribution in [0.4, 0.5) is 0 Å². The van der Waals surface area contributed by atoms with Gasteiger partial charge < -0.3 is 52.8 Å². The third kappa shape index (κ3) is 14.1. The van der Waals surface area contributed by atoms with Gasteiger partial charge in [0, 0.05) is 36.1 Å². The highest BCUT2D eigenvalue weighted by atomic mass is 16.5. The first-order valence-electron chi connectivity index (χ1n) is 21.3. The highest BCUT2D eigenvalue weighted by molar-refractivity contribution is 5.77. The Kier molecular flexibility index (Phi) is 18.2. The molecular weight excluding hydrogens is 837 g/mol. The van der Waals surface area contributed by atoms with Gasteiger partial charge in [0.15, 0.2) is 23.0 Å². The molecule has 17 nitrogen and oxygen atoms in total. The van der Waals surface area contributed by atoms with Crippen LogP contribution in [0, 0.1) is 0 Å². The lowest BCUT2D eigenvalue weighted by molar-refractivity contribution is -0.142. The van der Waals surface area contributed by atoms with Crippen LogP contribution in [0.25, 0.3) is 22.8 Å². The number of aliphatic carboxylic acids is 1. The fourth-order valence-electron chi connectivity index (χ4n) is 7.18. The van der Waals surface area contributed by atoms with Crippen molar-refractivity contribution < 1.29 is 52.2 Å². The van der Waals surface area contributed by atoms with Crippen LogP contribution in [0.1, 0.15) is 60.4 Å². The Balaban J connectivity index is 0.000000181. The molecule has 2 saturated heterocycles. The van der Waals surface area contributed by atoms with Gasteiger partial charge in [-0.3, -0.25) is 4.79 Å². The molecule has 2 aliphatic heterocycles. The topological polar surface area (TPSA) is 203 Å². The fourth-order valence-corrected chi connectivity index (χ4v) is 7.18. The van der Waals surface area contributed by atoms with Gasteiger partial charge in [0.1, 0.15) is 13.2 Å². The molecule has 0 radical (unpaired) electrons. The standard InChI is InChI=1S/C24H27N3O5.C15H19N3O3.C9H10O3/c1-29-20-9-8-19(14-21(20)30-2)23-25-24(32-26-23)18-10-12-27(13-11-18)22(28)16-31-15-17-6-4-3-5-7-17;1-19-12-4-3-11(9-13(12)20-2)14-17-15(21-18-14)10-5-7-16-8-6-10;10-9(11)7-12-6-8-4-2-1-3-5-8/h3-9,14,18H,10-13,15-16H2,1-2H3;3-4,9-10,16H,5-8H2,1-2H3;1-5H,6-7H2,(H,10,11). The summed E-state index contributed by atoms with van der Waals surface area (Å²) in [5, 5.41) is 19.8. The Morgan fingerprint density at radius 3 is 1.51 bits per heavy atom. The van der Waals surface area contributed by atoms with E-state index in [4.69, 9.17) is 42.6 Å².